The second-order valence-electron chi connectivity index (χ2n) is 6.01. The highest BCUT2D eigenvalue weighted by Gasteiger charge is 2.15. The minimum Gasteiger partial charge on any atom is -0.494 e. The molecule has 2 N–H and O–H groups in total. The van der Waals surface area contributed by atoms with E-state index in [0.29, 0.717) is 19.8 Å². The molecule has 2 aromatic carbocycles. The monoisotopic (exact) mass is 343 g/mol. The van der Waals surface area contributed by atoms with Crippen LogP contribution in [-0.2, 0) is 6.42 Å². The van der Waals surface area contributed by atoms with Crippen LogP contribution in [0.25, 0.3) is 0 Å². The maximum Gasteiger partial charge on any atom is 0.161 e. The minimum absolute atomic E-state index is 0.248. The Kier molecular flexibility index (Phi) is 7.14. The molecule has 0 fully saturated rings. The smallest absolute Gasteiger partial charge is 0.161 e. The highest BCUT2D eigenvalue weighted by molar-refractivity contribution is 5.44. The Morgan fingerprint density at radius 1 is 0.960 bits per heavy atom. The number of benzene rings is 2. The fraction of sp³-hybridized carbons (Fsp3) is 0.429. The Labute approximate surface area is 150 Å². The summed E-state index contributed by atoms with van der Waals surface area (Å²) < 4.78 is 16.6. The molecule has 2 aromatic rings. The quantitative estimate of drug-likeness (QED) is 0.745. The number of rotatable bonds is 9. The number of hydrogen-bond donors (Lipinski definition) is 1. The second-order valence-corrected chi connectivity index (χ2v) is 6.01. The van der Waals surface area contributed by atoms with Crippen LogP contribution in [0.5, 0.6) is 17.2 Å². The second kappa shape index (κ2) is 9.33. The molecular weight excluding hydrogens is 314 g/mol. The van der Waals surface area contributed by atoms with Gasteiger partial charge >= 0.3 is 0 Å². The first-order valence-electron chi connectivity index (χ1n) is 8.86. The van der Waals surface area contributed by atoms with Gasteiger partial charge in [0.05, 0.1) is 20.3 Å². The predicted octanol–water partition coefficient (Wildman–Crippen LogP) is 4.09. The Balaban J connectivity index is 2.22. The van der Waals surface area contributed by atoms with Crippen molar-refractivity contribution < 1.29 is 14.2 Å². The van der Waals surface area contributed by atoms with Gasteiger partial charge in [-0.2, -0.15) is 0 Å². The fourth-order valence-corrected chi connectivity index (χ4v) is 3.08. The largest absolute Gasteiger partial charge is 0.494 e. The highest BCUT2D eigenvalue weighted by Crippen LogP contribution is 2.31. The van der Waals surface area contributed by atoms with Crippen molar-refractivity contribution in [1.82, 2.24) is 0 Å². The zero-order chi connectivity index (χ0) is 18.2. The summed E-state index contributed by atoms with van der Waals surface area (Å²) in [5.41, 5.74) is 9.73. The van der Waals surface area contributed by atoms with E-state index in [1.807, 2.05) is 32.0 Å². The van der Waals surface area contributed by atoms with Gasteiger partial charge in [-0.25, -0.2) is 0 Å². The van der Waals surface area contributed by atoms with E-state index in [1.165, 1.54) is 16.7 Å². The summed E-state index contributed by atoms with van der Waals surface area (Å²) in [5, 5.41) is 0. The molecule has 4 heteroatoms. The molecule has 136 valence electrons. The summed E-state index contributed by atoms with van der Waals surface area (Å²) in [7, 11) is 1.67. The van der Waals surface area contributed by atoms with Gasteiger partial charge in [0.1, 0.15) is 5.75 Å². The van der Waals surface area contributed by atoms with Gasteiger partial charge in [0.15, 0.2) is 11.5 Å². The van der Waals surface area contributed by atoms with Crippen molar-refractivity contribution in [3.8, 4) is 17.2 Å². The first-order chi connectivity index (χ1) is 12.1. The van der Waals surface area contributed by atoms with Crippen molar-refractivity contribution in [1.29, 1.82) is 0 Å². The van der Waals surface area contributed by atoms with Crippen LogP contribution in [0.4, 0.5) is 0 Å². The van der Waals surface area contributed by atoms with Gasteiger partial charge in [0.25, 0.3) is 0 Å². The van der Waals surface area contributed by atoms with Crippen molar-refractivity contribution in [2.24, 2.45) is 5.73 Å². The van der Waals surface area contributed by atoms with Crippen LogP contribution in [0.2, 0.25) is 0 Å². The number of aryl methyl sites for hydroxylation is 1. The molecule has 0 bridgehead atoms. The maximum atomic E-state index is 6.08. The van der Waals surface area contributed by atoms with Crippen molar-refractivity contribution >= 4 is 0 Å². The summed E-state index contributed by atoms with van der Waals surface area (Å²) in [6.07, 6.45) is 0.855. The van der Waals surface area contributed by atoms with Crippen LogP contribution in [-0.4, -0.2) is 26.9 Å². The Hall–Kier alpha value is -2.20. The zero-order valence-corrected chi connectivity index (χ0v) is 15.7. The molecule has 0 aliphatic heterocycles. The molecule has 0 spiro atoms. The standard InChI is InChI=1S/C21H29NO3/c1-5-24-18-8-9-19(15(3)11-18)17(14-22)12-16-7-10-20(25-6-2)21(13-16)23-4/h7-11,13,17H,5-6,12,14,22H2,1-4H3. The van der Waals surface area contributed by atoms with Gasteiger partial charge in [-0.05, 0) is 74.7 Å². The summed E-state index contributed by atoms with van der Waals surface area (Å²) >= 11 is 0. The van der Waals surface area contributed by atoms with Gasteiger partial charge < -0.3 is 19.9 Å². The Morgan fingerprint density at radius 3 is 2.32 bits per heavy atom. The molecule has 0 aliphatic rings. The van der Waals surface area contributed by atoms with Gasteiger partial charge in [-0.3, -0.25) is 0 Å². The third-order valence-corrected chi connectivity index (χ3v) is 4.29. The van der Waals surface area contributed by atoms with E-state index >= 15 is 0 Å². The SMILES string of the molecule is CCOc1ccc(C(CN)Cc2ccc(OCC)c(OC)c2)c(C)c1. The molecule has 0 saturated carbocycles. The predicted molar refractivity (Wildman–Crippen MR) is 102 cm³/mol. The van der Waals surface area contributed by atoms with Crippen LogP contribution in [0.1, 0.15) is 36.5 Å². The molecule has 0 aromatic heterocycles. The summed E-state index contributed by atoms with van der Waals surface area (Å²) in [6, 6.07) is 12.3. The minimum atomic E-state index is 0.248. The first-order valence-corrected chi connectivity index (χ1v) is 8.86. The lowest BCUT2D eigenvalue weighted by Crippen LogP contribution is -2.16. The van der Waals surface area contributed by atoms with E-state index < -0.39 is 0 Å². The lowest BCUT2D eigenvalue weighted by atomic mass is 9.89. The van der Waals surface area contributed by atoms with Crippen molar-refractivity contribution in [3.63, 3.8) is 0 Å². The topological polar surface area (TPSA) is 53.7 Å². The third-order valence-electron chi connectivity index (χ3n) is 4.29. The number of hydrogen-bond acceptors (Lipinski definition) is 4. The molecule has 0 heterocycles. The van der Waals surface area contributed by atoms with E-state index in [2.05, 4.69) is 25.1 Å². The molecule has 1 unspecified atom stereocenters. The van der Waals surface area contributed by atoms with Gasteiger partial charge in [0, 0.05) is 5.92 Å². The molecular formula is C21H29NO3. The van der Waals surface area contributed by atoms with Gasteiger partial charge in [-0.1, -0.05) is 12.1 Å². The van der Waals surface area contributed by atoms with Crippen LogP contribution in [0.3, 0.4) is 0 Å². The third kappa shape index (κ3) is 4.89. The fourth-order valence-electron chi connectivity index (χ4n) is 3.08. The van der Waals surface area contributed by atoms with Crippen LogP contribution in [0.15, 0.2) is 36.4 Å². The first kappa shape index (κ1) is 19.1. The molecule has 0 radical (unpaired) electrons. The number of nitrogens with two attached hydrogens (primary N) is 1. The van der Waals surface area contributed by atoms with Crippen LogP contribution < -0.4 is 19.9 Å². The van der Waals surface area contributed by atoms with Crippen molar-refractivity contribution in [2.45, 2.75) is 33.1 Å². The van der Waals surface area contributed by atoms with E-state index in [4.69, 9.17) is 19.9 Å². The Morgan fingerprint density at radius 2 is 1.72 bits per heavy atom. The van der Waals surface area contributed by atoms with Gasteiger partial charge in [0.2, 0.25) is 0 Å². The molecule has 1 atom stereocenters. The van der Waals surface area contributed by atoms with E-state index in [0.717, 1.165) is 23.7 Å². The van der Waals surface area contributed by atoms with Crippen molar-refractivity contribution in [2.75, 3.05) is 26.9 Å². The zero-order valence-electron chi connectivity index (χ0n) is 15.7. The lowest BCUT2D eigenvalue weighted by Gasteiger charge is -2.19. The normalized spacial score (nSPS) is 11.9. The van der Waals surface area contributed by atoms with Crippen LogP contribution >= 0.6 is 0 Å². The van der Waals surface area contributed by atoms with E-state index in [1.54, 1.807) is 7.11 Å². The molecule has 2 rings (SSSR count). The molecule has 25 heavy (non-hydrogen) atoms. The van der Waals surface area contributed by atoms with Crippen LogP contribution in [0, 0.1) is 6.92 Å². The number of methoxy groups -OCH3 is 1. The molecule has 0 aliphatic carbocycles. The van der Waals surface area contributed by atoms with Crippen molar-refractivity contribution in [3.05, 3.63) is 53.1 Å². The summed E-state index contributed by atoms with van der Waals surface area (Å²) in [5.74, 6) is 2.69. The average molecular weight is 343 g/mol. The number of ether oxygens (including phenoxy) is 3. The van der Waals surface area contributed by atoms with Gasteiger partial charge in [-0.15, -0.1) is 0 Å². The molecule has 4 nitrogen and oxygen atoms in total. The highest BCUT2D eigenvalue weighted by atomic mass is 16.5. The molecule has 0 saturated heterocycles. The summed E-state index contributed by atoms with van der Waals surface area (Å²) in [6.45, 7) is 7.94. The Bertz CT molecular complexity index is 685. The van der Waals surface area contributed by atoms with E-state index in [9.17, 15) is 0 Å². The summed E-state index contributed by atoms with van der Waals surface area (Å²) in [4.78, 5) is 0. The maximum absolute atomic E-state index is 6.08. The van der Waals surface area contributed by atoms with E-state index in [-0.39, 0.29) is 5.92 Å². The average Bonchev–Trinajstić information content (AvgIpc) is 2.62. The lowest BCUT2D eigenvalue weighted by molar-refractivity contribution is 0.310. The molecule has 0 amide bonds.